The second-order valence-electron chi connectivity index (χ2n) is 2.93. The Balaban J connectivity index is 2.17. The highest BCUT2D eigenvalue weighted by Crippen LogP contribution is 1.94. The number of nitrogens with one attached hydrogen (secondary N) is 2. The van der Waals surface area contributed by atoms with Crippen LogP contribution in [0.25, 0.3) is 0 Å². The summed E-state index contributed by atoms with van der Waals surface area (Å²) in [4.78, 5) is 3.13. The Bertz CT molecular complexity index is 196. The van der Waals surface area contributed by atoms with Crippen molar-refractivity contribution in [1.29, 1.82) is 0 Å². The highest BCUT2D eigenvalue weighted by Gasteiger charge is 1.99. The average Bonchev–Trinajstić information content (AvgIpc) is 2.53. The fourth-order valence-electron chi connectivity index (χ4n) is 1.07. The van der Waals surface area contributed by atoms with E-state index >= 15 is 0 Å². The van der Waals surface area contributed by atoms with Crippen molar-refractivity contribution in [2.24, 2.45) is 0 Å². The topological polar surface area (TPSA) is 37.0 Å². The number of hydrogen-bond acceptors (Lipinski definition) is 2. The van der Waals surface area contributed by atoms with Crippen LogP contribution in [0.5, 0.6) is 0 Å². The van der Waals surface area contributed by atoms with Crippen LogP contribution in [0, 0.1) is 0 Å². The molecule has 1 heterocycles. The predicted octanol–water partition coefficient (Wildman–Crippen LogP) is 1.14. The van der Waals surface area contributed by atoms with Crippen molar-refractivity contribution in [1.82, 2.24) is 10.3 Å². The van der Waals surface area contributed by atoms with E-state index in [0.29, 0.717) is 6.04 Å². The summed E-state index contributed by atoms with van der Waals surface area (Å²) in [6.07, 6.45) is 1.93. The lowest BCUT2D eigenvalue weighted by Crippen LogP contribution is -2.29. The van der Waals surface area contributed by atoms with Gasteiger partial charge in [0.1, 0.15) is 0 Å². The molecular weight excluding hydrogens is 152 g/mol. The molecule has 1 rings (SSSR count). The molecule has 0 saturated carbocycles. The average molecular weight is 168 g/mol. The maximum absolute atomic E-state index is 5.00. The number of methoxy groups -OCH3 is 1. The second kappa shape index (κ2) is 4.95. The predicted molar refractivity (Wildman–Crippen MR) is 49.0 cm³/mol. The Morgan fingerprint density at radius 2 is 2.50 bits per heavy atom. The molecule has 0 fully saturated rings. The quantitative estimate of drug-likeness (QED) is 0.691. The lowest BCUT2D eigenvalue weighted by atomic mass is 10.3. The van der Waals surface area contributed by atoms with Gasteiger partial charge in [0.25, 0.3) is 0 Å². The van der Waals surface area contributed by atoms with Crippen molar-refractivity contribution in [3.8, 4) is 0 Å². The lowest BCUT2D eigenvalue weighted by Gasteiger charge is -2.11. The zero-order chi connectivity index (χ0) is 8.81. The van der Waals surface area contributed by atoms with Crippen LogP contribution >= 0.6 is 0 Å². The number of aromatic amines is 1. The number of hydrogen-bond donors (Lipinski definition) is 2. The summed E-state index contributed by atoms with van der Waals surface area (Å²) in [7, 11) is 1.72. The van der Waals surface area contributed by atoms with Gasteiger partial charge in [-0.25, -0.2) is 0 Å². The Labute approximate surface area is 73.1 Å². The van der Waals surface area contributed by atoms with Crippen molar-refractivity contribution in [2.45, 2.75) is 19.5 Å². The van der Waals surface area contributed by atoms with Gasteiger partial charge in [-0.1, -0.05) is 0 Å². The third kappa shape index (κ3) is 3.07. The smallest absolute Gasteiger partial charge is 0.0613 e. The molecule has 0 saturated heterocycles. The maximum Gasteiger partial charge on any atom is 0.0613 e. The van der Waals surface area contributed by atoms with Crippen LogP contribution in [-0.2, 0) is 11.3 Å². The maximum atomic E-state index is 5.00. The molecule has 0 bridgehead atoms. The molecule has 68 valence electrons. The van der Waals surface area contributed by atoms with Gasteiger partial charge >= 0.3 is 0 Å². The van der Waals surface area contributed by atoms with Crippen LogP contribution in [0.3, 0.4) is 0 Å². The monoisotopic (exact) mass is 168 g/mol. The molecule has 1 aromatic heterocycles. The summed E-state index contributed by atoms with van der Waals surface area (Å²) >= 11 is 0. The number of rotatable bonds is 5. The molecule has 0 aromatic carbocycles. The summed E-state index contributed by atoms with van der Waals surface area (Å²) in [5.74, 6) is 0. The first kappa shape index (κ1) is 9.29. The van der Waals surface area contributed by atoms with E-state index in [1.54, 1.807) is 7.11 Å². The van der Waals surface area contributed by atoms with Crippen molar-refractivity contribution in [2.75, 3.05) is 13.7 Å². The van der Waals surface area contributed by atoms with Crippen LogP contribution in [-0.4, -0.2) is 24.7 Å². The van der Waals surface area contributed by atoms with E-state index in [-0.39, 0.29) is 0 Å². The molecule has 0 amide bonds. The highest BCUT2D eigenvalue weighted by molar-refractivity contribution is 5.02. The van der Waals surface area contributed by atoms with E-state index in [2.05, 4.69) is 23.3 Å². The van der Waals surface area contributed by atoms with Gasteiger partial charge in [-0.3, -0.25) is 0 Å². The van der Waals surface area contributed by atoms with Crippen LogP contribution in [0.15, 0.2) is 18.3 Å². The zero-order valence-electron chi connectivity index (χ0n) is 7.63. The molecule has 1 unspecified atom stereocenters. The molecule has 0 aliphatic carbocycles. The first-order chi connectivity index (χ1) is 5.83. The Kier molecular flexibility index (Phi) is 3.84. The fourth-order valence-corrected chi connectivity index (χ4v) is 1.07. The van der Waals surface area contributed by atoms with Crippen LogP contribution in [0.1, 0.15) is 12.6 Å². The molecule has 0 spiro atoms. The summed E-state index contributed by atoms with van der Waals surface area (Å²) in [5, 5.41) is 3.33. The van der Waals surface area contributed by atoms with Gasteiger partial charge in [-0.2, -0.15) is 0 Å². The van der Waals surface area contributed by atoms with Crippen molar-refractivity contribution >= 4 is 0 Å². The molecule has 3 heteroatoms. The summed E-state index contributed by atoms with van der Waals surface area (Å²) in [5.41, 5.74) is 1.21. The van der Waals surface area contributed by atoms with Gasteiger partial charge < -0.3 is 15.0 Å². The first-order valence-electron chi connectivity index (χ1n) is 4.17. The van der Waals surface area contributed by atoms with Crippen LogP contribution in [0.4, 0.5) is 0 Å². The molecular formula is C9H16N2O. The van der Waals surface area contributed by atoms with Gasteiger partial charge in [-0.05, 0) is 19.1 Å². The van der Waals surface area contributed by atoms with Crippen LogP contribution in [0.2, 0.25) is 0 Å². The minimum absolute atomic E-state index is 0.401. The Hall–Kier alpha value is -0.800. The molecule has 1 atom stereocenters. The molecule has 0 aliphatic heterocycles. The molecule has 1 aromatic rings. The third-order valence-electron chi connectivity index (χ3n) is 1.72. The minimum Gasteiger partial charge on any atom is -0.383 e. The Morgan fingerprint density at radius 1 is 1.67 bits per heavy atom. The van der Waals surface area contributed by atoms with E-state index < -0.39 is 0 Å². The van der Waals surface area contributed by atoms with Crippen LogP contribution < -0.4 is 5.32 Å². The standard InChI is InChI=1S/C9H16N2O/c1-8(7-12-2)11-6-9-4-3-5-10-9/h3-5,8,10-11H,6-7H2,1-2H3. The lowest BCUT2D eigenvalue weighted by molar-refractivity contribution is 0.171. The van der Waals surface area contributed by atoms with Gasteiger partial charge in [0.2, 0.25) is 0 Å². The number of aromatic nitrogens is 1. The number of H-pyrrole nitrogens is 1. The number of ether oxygens (including phenoxy) is 1. The van der Waals surface area contributed by atoms with Gasteiger partial charge in [0.15, 0.2) is 0 Å². The molecule has 12 heavy (non-hydrogen) atoms. The largest absolute Gasteiger partial charge is 0.383 e. The van der Waals surface area contributed by atoms with Gasteiger partial charge in [0, 0.05) is 31.6 Å². The van der Waals surface area contributed by atoms with Gasteiger partial charge in [0.05, 0.1) is 6.61 Å². The summed E-state index contributed by atoms with van der Waals surface area (Å²) in [6, 6.07) is 4.46. The van der Waals surface area contributed by atoms with E-state index in [1.165, 1.54) is 5.69 Å². The van der Waals surface area contributed by atoms with E-state index in [4.69, 9.17) is 4.74 Å². The third-order valence-corrected chi connectivity index (χ3v) is 1.72. The van der Waals surface area contributed by atoms with Crippen molar-refractivity contribution < 1.29 is 4.74 Å². The normalized spacial score (nSPS) is 13.2. The van der Waals surface area contributed by atoms with E-state index in [0.717, 1.165) is 13.2 Å². The summed E-state index contributed by atoms with van der Waals surface area (Å²) < 4.78 is 5.00. The highest BCUT2D eigenvalue weighted by atomic mass is 16.5. The first-order valence-corrected chi connectivity index (χ1v) is 4.17. The van der Waals surface area contributed by atoms with Crippen molar-refractivity contribution in [3.05, 3.63) is 24.0 Å². The second-order valence-corrected chi connectivity index (χ2v) is 2.93. The molecule has 0 radical (unpaired) electrons. The molecule has 3 nitrogen and oxygen atoms in total. The van der Waals surface area contributed by atoms with Gasteiger partial charge in [-0.15, -0.1) is 0 Å². The van der Waals surface area contributed by atoms with E-state index in [9.17, 15) is 0 Å². The molecule has 2 N–H and O–H groups in total. The minimum atomic E-state index is 0.401. The fraction of sp³-hybridized carbons (Fsp3) is 0.556. The van der Waals surface area contributed by atoms with Crippen molar-refractivity contribution in [3.63, 3.8) is 0 Å². The SMILES string of the molecule is COCC(C)NCc1ccc[nH]1. The van der Waals surface area contributed by atoms with E-state index in [1.807, 2.05) is 12.3 Å². The molecule has 0 aliphatic rings. The summed E-state index contributed by atoms with van der Waals surface area (Å²) in [6.45, 7) is 3.73. The zero-order valence-corrected chi connectivity index (χ0v) is 7.63. The Morgan fingerprint density at radius 3 is 3.08 bits per heavy atom.